The van der Waals surface area contributed by atoms with Crippen LogP contribution >= 0.6 is 0 Å². The third-order valence-electron chi connectivity index (χ3n) is 5.16. The molecule has 0 unspecified atom stereocenters. The van der Waals surface area contributed by atoms with Crippen LogP contribution in [0.3, 0.4) is 0 Å². The number of aliphatic hydroxyl groups is 1. The molecule has 4 nitrogen and oxygen atoms in total. The van der Waals surface area contributed by atoms with Crippen molar-refractivity contribution in [2.24, 2.45) is 5.92 Å². The van der Waals surface area contributed by atoms with Gasteiger partial charge in [0.2, 0.25) is 5.91 Å². The molecule has 0 fully saturated rings. The first-order valence-electron chi connectivity index (χ1n) is 11.6. The maximum atomic E-state index is 13.6. The molecule has 0 radical (unpaired) electrons. The number of hydrogen-bond acceptors (Lipinski definition) is 3. The average molecular weight is 485 g/mol. The molecular formula is C29H38F2N2O2. The third-order valence-corrected chi connectivity index (χ3v) is 5.16. The average Bonchev–Trinajstić information content (AvgIpc) is 2.74. The number of benzene rings is 1. The largest absolute Gasteiger partial charge is 0.390 e. The van der Waals surface area contributed by atoms with Gasteiger partial charge in [0.05, 0.1) is 12.1 Å². The summed E-state index contributed by atoms with van der Waals surface area (Å²) in [7, 11) is 0. The Bertz CT molecular complexity index is 972. The highest BCUT2D eigenvalue weighted by Crippen LogP contribution is 2.21. The summed E-state index contributed by atoms with van der Waals surface area (Å²) in [5, 5.41) is 16.6. The summed E-state index contributed by atoms with van der Waals surface area (Å²) in [4.78, 5) is 11.7. The molecular weight excluding hydrogens is 446 g/mol. The Morgan fingerprint density at radius 2 is 1.77 bits per heavy atom. The van der Waals surface area contributed by atoms with Crippen LogP contribution in [0, 0.1) is 17.6 Å². The molecule has 0 saturated heterocycles. The van der Waals surface area contributed by atoms with Gasteiger partial charge in [0, 0.05) is 26.1 Å². The smallest absolute Gasteiger partial charge is 0.217 e. The Morgan fingerprint density at radius 3 is 2.31 bits per heavy atom. The van der Waals surface area contributed by atoms with Crippen LogP contribution < -0.4 is 10.6 Å². The quantitative estimate of drug-likeness (QED) is 0.294. The number of amides is 1. The van der Waals surface area contributed by atoms with E-state index in [1.54, 1.807) is 12.2 Å². The Labute approximate surface area is 208 Å². The van der Waals surface area contributed by atoms with Crippen LogP contribution in [0.5, 0.6) is 0 Å². The maximum absolute atomic E-state index is 13.6. The molecule has 1 aromatic carbocycles. The van der Waals surface area contributed by atoms with Crippen molar-refractivity contribution in [3.63, 3.8) is 0 Å². The number of rotatable bonds is 15. The molecule has 190 valence electrons. The zero-order valence-corrected chi connectivity index (χ0v) is 21.0. The summed E-state index contributed by atoms with van der Waals surface area (Å²) >= 11 is 0. The van der Waals surface area contributed by atoms with Crippen LogP contribution in [0.4, 0.5) is 8.78 Å². The Balaban J connectivity index is 2.96. The van der Waals surface area contributed by atoms with Gasteiger partial charge in [-0.2, -0.15) is 0 Å². The standard InChI is InChI=1S/C29H38F2N2O2/c1-8-9-10-21(5)22(6)25(12-20(4)11-19(2)3)17-32-18-29(35)28(33-23(7)34)15-24-13-26(30)16-27(31)14-24/h8-10,12-14,16,19,28-29,32,35H,1,4-6,11,15,17-18H2,2-3,7H3,(H,33,34)/b10-9-,25-12-/t28-,29+/m0/s1. The highest BCUT2D eigenvalue weighted by atomic mass is 19.1. The number of nitrogens with one attached hydrogen (secondary N) is 2. The van der Waals surface area contributed by atoms with Crippen LogP contribution in [0.25, 0.3) is 0 Å². The first-order chi connectivity index (χ1) is 16.4. The number of halogens is 2. The van der Waals surface area contributed by atoms with Crippen molar-refractivity contribution in [3.8, 4) is 0 Å². The molecule has 0 aliphatic heterocycles. The molecule has 3 N–H and O–H groups in total. The first kappa shape index (κ1) is 29.9. The van der Waals surface area contributed by atoms with Gasteiger partial charge in [-0.15, -0.1) is 0 Å². The fourth-order valence-corrected chi connectivity index (χ4v) is 3.59. The second-order valence-corrected chi connectivity index (χ2v) is 9.01. The van der Waals surface area contributed by atoms with Crippen molar-refractivity contribution < 1.29 is 18.7 Å². The summed E-state index contributed by atoms with van der Waals surface area (Å²) in [5.74, 6) is -1.34. The lowest BCUT2D eigenvalue weighted by Gasteiger charge is -2.25. The van der Waals surface area contributed by atoms with Gasteiger partial charge in [-0.1, -0.05) is 70.0 Å². The molecule has 0 heterocycles. The number of aliphatic hydroxyl groups excluding tert-OH is 1. The van der Waals surface area contributed by atoms with Gasteiger partial charge in [-0.05, 0) is 53.2 Å². The lowest BCUT2D eigenvalue weighted by atomic mass is 9.95. The summed E-state index contributed by atoms with van der Waals surface area (Å²) < 4.78 is 27.2. The van der Waals surface area contributed by atoms with Gasteiger partial charge in [-0.25, -0.2) is 8.78 Å². The SMILES string of the molecule is C=C/C=C\C(=C)C(=C)/C(=C\C(=C)CC(C)C)CNC[C@@H](O)[C@H](Cc1cc(F)cc(F)c1)NC(C)=O. The van der Waals surface area contributed by atoms with Gasteiger partial charge >= 0.3 is 0 Å². The molecule has 0 bridgehead atoms. The number of carbonyl (C=O) groups excluding carboxylic acids is 1. The van der Waals surface area contributed by atoms with Crippen LogP contribution in [-0.4, -0.2) is 36.2 Å². The van der Waals surface area contributed by atoms with E-state index in [1.165, 1.54) is 19.1 Å². The zero-order valence-electron chi connectivity index (χ0n) is 21.0. The van der Waals surface area contributed by atoms with Gasteiger partial charge < -0.3 is 15.7 Å². The van der Waals surface area contributed by atoms with E-state index in [4.69, 9.17) is 0 Å². The van der Waals surface area contributed by atoms with Crippen molar-refractivity contribution in [1.29, 1.82) is 0 Å². The van der Waals surface area contributed by atoms with E-state index >= 15 is 0 Å². The predicted molar refractivity (Wildman–Crippen MR) is 141 cm³/mol. The molecule has 0 spiro atoms. The van der Waals surface area contributed by atoms with Crippen molar-refractivity contribution >= 4 is 5.91 Å². The predicted octanol–water partition coefficient (Wildman–Crippen LogP) is 5.35. The van der Waals surface area contributed by atoms with Crippen LogP contribution in [0.2, 0.25) is 0 Å². The Hall–Kier alpha value is -3.09. The molecule has 0 aliphatic rings. The van der Waals surface area contributed by atoms with E-state index in [9.17, 15) is 18.7 Å². The van der Waals surface area contributed by atoms with Crippen LogP contribution in [-0.2, 0) is 11.2 Å². The van der Waals surface area contributed by atoms with Crippen molar-refractivity contribution in [2.75, 3.05) is 13.1 Å². The van der Waals surface area contributed by atoms with Crippen molar-refractivity contribution in [1.82, 2.24) is 10.6 Å². The second kappa shape index (κ2) is 15.0. The van der Waals surface area contributed by atoms with Crippen molar-refractivity contribution in [2.45, 2.75) is 45.8 Å². The fourth-order valence-electron chi connectivity index (χ4n) is 3.59. The summed E-state index contributed by atoms with van der Waals surface area (Å²) in [6, 6.07) is 2.41. The van der Waals surface area contributed by atoms with Gasteiger partial charge in [0.1, 0.15) is 11.6 Å². The molecule has 6 heteroatoms. The van der Waals surface area contributed by atoms with E-state index in [-0.39, 0.29) is 18.9 Å². The van der Waals surface area contributed by atoms with Gasteiger partial charge in [0.25, 0.3) is 0 Å². The molecule has 1 rings (SSSR count). The minimum atomic E-state index is -1.01. The summed E-state index contributed by atoms with van der Waals surface area (Å²) in [5.41, 5.74) is 3.60. The highest BCUT2D eigenvalue weighted by Gasteiger charge is 2.21. The summed E-state index contributed by atoms with van der Waals surface area (Å²) in [6.45, 7) is 22.1. The van der Waals surface area contributed by atoms with Crippen LogP contribution in [0.1, 0.15) is 32.8 Å². The molecule has 2 atom stereocenters. The first-order valence-corrected chi connectivity index (χ1v) is 11.6. The molecule has 1 amide bonds. The van der Waals surface area contributed by atoms with Crippen LogP contribution in [0.15, 0.2) is 91.1 Å². The third kappa shape index (κ3) is 11.7. The Kier molecular flexibility index (Phi) is 12.8. The number of allylic oxidation sites excluding steroid dienone is 6. The number of carbonyl (C=O) groups is 1. The lowest BCUT2D eigenvalue weighted by molar-refractivity contribution is -0.120. The van der Waals surface area contributed by atoms with E-state index in [0.29, 0.717) is 18.0 Å². The molecule has 0 aliphatic carbocycles. The minimum absolute atomic E-state index is 0.0703. The van der Waals surface area contributed by atoms with Gasteiger partial charge in [-0.3, -0.25) is 4.79 Å². The fraction of sp³-hybridized carbons (Fsp3) is 0.345. The van der Waals surface area contributed by atoms with Crippen molar-refractivity contribution in [3.05, 3.63) is 108 Å². The van der Waals surface area contributed by atoms with E-state index in [1.807, 2.05) is 12.2 Å². The highest BCUT2D eigenvalue weighted by molar-refractivity contribution is 5.73. The molecule has 0 aromatic heterocycles. The molecule has 0 saturated carbocycles. The van der Waals surface area contributed by atoms with E-state index in [0.717, 1.165) is 34.8 Å². The van der Waals surface area contributed by atoms with Gasteiger partial charge in [0.15, 0.2) is 0 Å². The minimum Gasteiger partial charge on any atom is -0.390 e. The van der Waals surface area contributed by atoms with E-state index < -0.39 is 23.8 Å². The monoisotopic (exact) mass is 484 g/mol. The molecule has 35 heavy (non-hydrogen) atoms. The maximum Gasteiger partial charge on any atom is 0.217 e. The zero-order chi connectivity index (χ0) is 26.5. The normalized spacial score (nSPS) is 13.5. The lowest BCUT2D eigenvalue weighted by Crippen LogP contribution is -2.48. The van der Waals surface area contributed by atoms with E-state index in [2.05, 4.69) is 50.8 Å². The molecule has 1 aromatic rings. The topological polar surface area (TPSA) is 61.4 Å². The summed E-state index contributed by atoms with van der Waals surface area (Å²) in [6.07, 6.45) is 7.09. The second-order valence-electron chi connectivity index (χ2n) is 9.01. The Morgan fingerprint density at radius 1 is 1.14 bits per heavy atom. The number of hydrogen-bond donors (Lipinski definition) is 3.